The summed E-state index contributed by atoms with van der Waals surface area (Å²) in [4.78, 5) is 10.6. The van der Waals surface area contributed by atoms with Crippen LogP contribution in [0.1, 0.15) is 18.1 Å². The highest BCUT2D eigenvalue weighted by Gasteiger charge is 2.27. The van der Waals surface area contributed by atoms with Crippen LogP contribution in [0.5, 0.6) is 0 Å². The molecule has 0 saturated carbocycles. The Balaban J connectivity index is 2.57. The van der Waals surface area contributed by atoms with Gasteiger partial charge in [0, 0.05) is 13.5 Å². The standard InChI is InChI=1S/C11H12F3NO/c1-8(16)15-7-10-4-2-9(3-5-10)6-11(12,13)14/h2-5H,6-7H2,1H3,(H,15,16). The van der Waals surface area contributed by atoms with Crippen molar-refractivity contribution in [3.05, 3.63) is 35.4 Å². The van der Waals surface area contributed by atoms with Crippen molar-refractivity contribution in [2.24, 2.45) is 0 Å². The number of benzene rings is 1. The first-order valence-corrected chi connectivity index (χ1v) is 4.76. The first-order chi connectivity index (χ1) is 7.37. The van der Waals surface area contributed by atoms with Gasteiger partial charge < -0.3 is 5.32 Å². The Hall–Kier alpha value is -1.52. The SMILES string of the molecule is CC(=O)NCc1ccc(CC(F)(F)F)cc1. The first-order valence-electron chi connectivity index (χ1n) is 4.76. The van der Waals surface area contributed by atoms with Gasteiger partial charge in [-0.3, -0.25) is 4.79 Å². The molecular weight excluding hydrogens is 219 g/mol. The van der Waals surface area contributed by atoms with Crippen LogP contribution in [0.2, 0.25) is 0 Å². The van der Waals surface area contributed by atoms with Crippen LogP contribution >= 0.6 is 0 Å². The van der Waals surface area contributed by atoms with Crippen molar-refractivity contribution >= 4 is 5.91 Å². The van der Waals surface area contributed by atoms with Crippen LogP contribution in [-0.4, -0.2) is 12.1 Å². The van der Waals surface area contributed by atoms with Gasteiger partial charge in [0.2, 0.25) is 5.91 Å². The van der Waals surface area contributed by atoms with E-state index in [1.54, 1.807) is 12.1 Å². The fourth-order valence-electron chi connectivity index (χ4n) is 1.23. The van der Waals surface area contributed by atoms with Gasteiger partial charge in [-0.05, 0) is 11.1 Å². The summed E-state index contributed by atoms with van der Waals surface area (Å²) in [5.41, 5.74) is 1.00. The Labute approximate surface area is 91.5 Å². The second kappa shape index (κ2) is 5.01. The Bertz CT molecular complexity index is 356. The highest BCUT2D eigenvalue weighted by atomic mass is 19.4. The lowest BCUT2D eigenvalue weighted by Crippen LogP contribution is -2.18. The molecule has 16 heavy (non-hydrogen) atoms. The van der Waals surface area contributed by atoms with Crippen LogP contribution < -0.4 is 5.32 Å². The summed E-state index contributed by atoms with van der Waals surface area (Å²) >= 11 is 0. The summed E-state index contributed by atoms with van der Waals surface area (Å²) in [6.45, 7) is 1.72. The topological polar surface area (TPSA) is 29.1 Å². The zero-order valence-electron chi connectivity index (χ0n) is 8.77. The second-order valence-corrected chi connectivity index (χ2v) is 3.52. The maximum Gasteiger partial charge on any atom is 0.393 e. The smallest absolute Gasteiger partial charge is 0.352 e. The molecule has 1 aromatic rings. The minimum atomic E-state index is -4.18. The van der Waals surface area contributed by atoms with E-state index in [1.165, 1.54) is 19.1 Å². The van der Waals surface area contributed by atoms with E-state index in [1.807, 2.05) is 0 Å². The predicted molar refractivity (Wildman–Crippen MR) is 53.7 cm³/mol. The third kappa shape index (κ3) is 4.82. The van der Waals surface area contributed by atoms with Gasteiger partial charge in [0.25, 0.3) is 0 Å². The first kappa shape index (κ1) is 12.5. The minimum Gasteiger partial charge on any atom is -0.352 e. The van der Waals surface area contributed by atoms with Crippen LogP contribution in [0, 0.1) is 0 Å². The summed E-state index contributed by atoms with van der Waals surface area (Å²) in [5.74, 6) is -0.167. The second-order valence-electron chi connectivity index (χ2n) is 3.52. The number of hydrogen-bond donors (Lipinski definition) is 1. The van der Waals surface area contributed by atoms with E-state index < -0.39 is 12.6 Å². The molecule has 0 aliphatic heterocycles. The number of nitrogens with one attached hydrogen (secondary N) is 1. The lowest BCUT2D eigenvalue weighted by atomic mass is 10.1. The molecule has 0 heterocycles. The van der Waals surface area contributed by atoms with Crippen LogP contribution in [-0.2, 0) is 17.8 Å². The fraction of sp³-hybridized carbons (Fsp3) is 0.364. The quantitative estimate of drug-likeness (QED) is 0.850. The van der Waals surface area contributed by atoms with Gasteiger partial charge in [-0.1, -0.05) is 24.3 Å². The molecule has 0 aromatic heterocycles. The van der Waals surface area contributed by atoms with E-state index in [2.05, 4.69) is 5.32 Å². The lowest BCUT2D eigenvalue weighted by Gasteiger charge is -2.07. The third-order valence-corrected chi connectivity index (χ3v) is 1.97. The average molecular weight is 231 g/mol. The molecule has 2 nitrogen and oxygen atoms in total. The van der Waals surface area contributed by atoms with E-state index in [0.29, 0.717) is 6.54 Å². The number of alkyl halides is 3. The largest absolute Gasteiger partial charge is 0.393 e. The van der Waals surface area contributed by atoms with Crippen molar-refractivity contribution < 1.29 is 18.0 Å². The molecule has 0 radical (unpaired) electrons. The molecule has 0 spiro atoms. The molecule has 1 rings (SSSR count). The van der Waals surface area contributed by atoms with Gasteiger partial charge in [-0.25, -0.2) is 0 Å². The van der Waals surface area contributed by atoms with Crippen LogP contribution in [0.3, 0.4) is 0 Å². The van der Waals surface area contributed by atoms with Crippen molar-refractivity contribution in [2.45, 2.75) is 26.1 Å². The van der Waals surface area contributed by atoms with E-state index >= 15 is 0 Å². The number of amides is 1. The summed E-state index contributed by atoms with van der Waals surface area (Å²) < 4.78 is 36.1. The highest BCUT2D eigenvalue weighted by Crippen LogP contribution is 2.21. The number of halogens is 3. The van der Waals surface area contributed by atoms with Gasteiger partial charge in [0.1, 0.15) is 0 Å². The molecule has 0 aliphatic rings. The van der Waals surface area contributed by atoms with Gasteiger partial charge in [-0.15, -0.1) is 0 Å². The Kier molecular flexibility index (Phi) is 3.93. The van der Waals surface area contributed by atoms with E-state index in [9.17, 15) is 18.0 Å². The highest BCUT2D eigenvalue weighted by molar-refractivity contribution is 5.72. The van der Waals surface area contributed by atoms with Crippen molar-refractivity contribution in [1.82, 2.24) is 5.32 Å². The molecule has 0 atom stereocenters. The Morgan fingerprint density at radius 1 is 1.19 bits per heavy atom. The molecule has 0 fully saturated rings. The summed E-state index contributed by atoms with van der Waals surface area (Å²) in [6, 6.07) is 6.00. The monoisotopic (exact) mass is 231 g/mol. The molecule has 88 valence electrons. The van der Waals surface area contributed by atoms with Gasteiger partial charge in [-0.2, -0.15) is 13.2 Å². The number of rotatable bonds is 3. The molecule has 5 heteroatoms. The molecule has 0 unspecified atom stereocenters. The van der Waals surface area contributed by atoms with Gasteiger partial charge in [0.05, 0.1) is 6.42 Å². The molecule has 1 aromatic carbocycles. The average Bonchev–Trinajstić information content (AvgIpc) is 2.14. The van der Waals surface area contributed by atoms with Crippen molar-refractivity contribution in [2.75, 3.05) is 0 Å². The van der Waals surface area contributed by atoms with Crippen molar-refractivity contribution in [3.63, 3.8) is 0 Å². The number of carbonyl (C=O) groups excluding carboxylic acids is 1. The van der Waals surface area contributed by atoms with E-state index in [-0.39, 0.29) is 11.5 Å². The normalized spacial score (nSPS) is 11.2. The molecule has 0 saturated heterocycles. The zero-order chi connectivity index (χ0) is 12.2. The molecule has 1 amide bonds. The Morgan fingerprint density at radius 2 is 1.69 bits per heavy atom. The zero-order valence-corrected chi connectivity index (χ0v) is 8.77. The maximum atomic E-state index is 12.0. The lowest BCUT2D eigenvalue weighted by molar-refractivity contribution is -0.127. The van der Waals surface area contributed by atoms with Crippen LogP contribution in [0.4, 0.5) is 13.2 Å². The van der Waals surface area contributed by atoms with Gasteiger partial charge >= 0.3 is 6.18 Å². The van der Waals surface area contributed by atoms with Crippen molar-refractivity contribution in [1.29, 1.82) is 0 Å². The maximum absolute atomic E-state index is 12.0. The number of carbonyl (C=O) groups is 1. The number of hydrogen-bond acceptors (Lipinski definition) is 1. The molecule has 1 N–H and O–H groups in total. The molecule has 0 aliphatic carbocycles. The predicted octanol–water partition coefficient (Wildman–Crippen LogP) is 2.43. The summed E-state index contributed by atoms with van der Waals surface area (Å²) in [5, 5.41) is 2.57. The molecule has 0 bridgehead atoms. The summed E-state index contributed by atoms with van der Waals surface area (Å²) in [6.07, 6.45) is -5.10. The minimum absolute atomic E-state index is 0.167. The molecular formula is C11H12F3NO. The Morgan fingerprint density at radius 3 is 2.12 bits per heavy atom. The third-order valence-electron chi connectivity index (χ3n) is 1.97. The van der Waals surface area contributed by atoms with Gasteiger partial charge in [0.15, 0.2) is 0 Å². The fourth-order valence-corrected chi connectivity index (χ4v) is 1.23. The van der Waals surface area contributed by atoms with Crippen molar-refractivity contribution in [3.8, 4) is 0 Å². The van der Waals surface area contributed by atoms with Crippen LogP contribution in [0.15, 0.2) is 24.3 Å². The van der Waals surface area contributed by atoms with E-state index in [4.69, 9.17) is 0 Å². The van der Waals surface area contributed by atoms with Crippen LogP contribution in [0.25, 0.3) is 0 Å². The summed E-state index contributed by atoms with van der Waals surface area (Å²) in [7, 11) is 0. The van der Waals surface area contributed by atoms with E-state index in [0.717, 1.165) is 5.56 Å².